The molecule has 9 nitrogen and oxygen atoms in total. The van der Waals surface area contributed by atoms with Gasteiger partial charge in [-0.1, -0.05) is 115 Å². The minimum absolute atomic E-state index is 0.0634. The van der Waals surface area contributed by atoms with E-state index in [1.54, 1.807) is 54.6 Å². The number of alkyl carbamates (subject to hydrolysis) is 1. The Morgan fingerprint density at radius 3 is 1.89 bits per heavy atom. The maximum Gasteiger partial charge on any atom is 0.410 e. The summed E-state index contributed by atoms with van der Waals surface area (Å²) in [5.41, 5.74) is 1.87. The first-order valence-corrected chi connectivity index (χ1v) is 16.2. The van der Waals surface area contributed by atoms with Crippen LogP contribution < -0.4 is 10.6 Å². The van der Waals surface area contributed by atoms with Gasteiger partial charge in [0.2, 0.25) is 5.91 Å². The third kappa shape index (κ3) is 9.89. The fourth-order valence-electron chi connectivity index (χ4n) is 4.82. The fourth-order valence-corrected chi connectivity index (χ4v) is 6.58. The average Bonchev–Trinajstić information content (AvgIpc) is 3.05. The predicted octanol–water partition coefficient (Wildman–Crippen LogP) is 5.48. The summed E-state index contributed by atoms with van der Waals surface area (Å²) < 4.78 is 19.3. The number of hydrogen-bond acceptors (Lipinski definition) is 6. The molecule has 0 heterocycles. The van der Waals surface area contributed by atoms with Gasteiger partial charge in [0.05, 0.1) is 0 Å². The summed E-state index contributed by atoms with van der Waals surface area (Å²) in [5.74, 6) is -2.81. The van der Waals surface area contributed by atoms with Crippen LogP contribution in [0.15, 0.2) is 115 Å². The van der Waals surface area contributed by atoms with E-state index in [-0.39, 0.29) is 25.6 Å². The number of carbonyl (C=O) groups is 3. The first-order chi connectivity index (χ1) is 21.6. The number of aliphatic carboxylic acids is 1. The van der Waals surface area contributed by atoms with Crippen LogP contribution in [-0.4, -0.2) is 45.9 Å². The highest BCUT2D eigenvalue weighted by Gasteiger charge is 2.39. The van der Waals surface area contributed by atoms with Crippen molar-refractivity contribution in [3.63, 3.8) is 0 Å². The zero-order valence-electron chi connectivity index (χ0n) is 24.9. The first kappa shape index (κ1) is 33.2. The number of ether oxygens (including phenoxy) is 1. The summed E-state index contributed by atoms with van der Waals surface area (Å²) in [6, 6.07) is 33.9. The molecule has 0 spiro atoms. The standard InChI is InChI=1S/C35H37N2O7P/c1-25(33(39)40)36-32(38)31(21-26-17-19-30(20-18-26)29-15-9-4-10-16-29)24-45(43)35(42,22-27-11-5-2-6-12-27)37-34(41)44-23-28-13-7-3-8-14-28/h2-20,25,31,42,45H,21-24H2,1H3,(H,36,38)(H,37,41)(H,39,40)/t25-,31?,35?/m0/s1. The van der Waals surface area contributed by atoms with E-state index in [0.29, 0.717) is 5.56 Å². The van der Waals surface area contributed by atoms with Crippen molar-refractivity contribution in [1.29, 1.82) is 0 Å². The molecule has 0 aliphatic rings. The van der Waals surface area contributed by atoms with Crippen molar-refractivity contribution in [2.45, 2.75) is 37.9 Å². The van der Waals surface area contributed by atoms with Crippen LogP contribution in [-0.2, 0) is 38.3 Å². The maximum atomic E-state index is 14.0. The Balaban J connectivity index is 1.56. The van der Waals surface area contributed by atoms with Crippen LogP contribution >= 0.6 is 7.80 Å². The van der Waals surface area contributed by atoms with Gasteiger partial charge in [0, 0.05) is 18.5 Å². The van der Waals surface area contributed by atoms with Gasteiger partial charge in [-0.05, 0) is 41.2 Å². The van der Waals surface area contributed by atoms with E-state index in [1.807, 2.05) is 60.7 Å². The summed E-state index contributed by atoms with van der Waals surface area (Å²) >= 11 is 0. The molecule has 0 aliphatic heterocycles. The van der Waals surface area contributed by atoms with Crippen molar-refractivity contribution in [1.82, 2.24) is 10.6 Å². The Kier molecular flexibility index (Phi) is 11.7. The Morgan fingerprint density at radius 1 is 0.778 bits per heavy atom. The van der Waals surface area contributed by atoms with Gasteiger partial charge >= 0.3 is 12.1 Å². The molecule has 234 valence electrons. The molecular weight excluding hydrogens is 591 g/mol. The molecule has 2 amide bonds. The summed E-state index contributed by atoms with van der Waals surface area (Å²) in [4.78, 5) is 37.7. The predicted molar refractivity (Wildman–Crippen MR) is 173 cm³/mol. The van der Waals surface area contributed by atoms with Crippen molar-refractivity contribution >= 4 is 25.8 Å². The van der Waals surface area contributed by atoms with Crippen molar-refractivity contribution in [3.05, 3.63) is 132 Å². The van der Waals surface area contributed by atoms with Crippen molar-refractivity contribution in [2.75, 3.05) is 6.16 Å². The third-order valence-electron chi connectivity index (χ3n) is 7.36. The minimum Gasteiger partial charge on any atom is -0.480 e. The van der Waals surface area contributed by atoms with Gasteiger partial charge in [0.25, 0.3) is 0 Å². The molecule has 0 aromatic heterocycles. The number of amides is 2. The van der Waals surface area contributed by atoms with Gasteiger partial charge in [-0.2, -0.15) is 0 Å². The molecule has 45 heavy (non-hydrogen) atoms. The number of benzene rings is 4. The van der Waals surface area contributed by atoms with Gasteiger partial charge < -0.3 is 24.8 Å². The zero-order chi connectivity index (χ0) is 32.2. The molecule has 0 saturated heterocycles. The average molecular weight is 629 g/mol. The van der Waals surface area contributed by atoms with Crippen LogP contribution in [0, 0.1) is 5.92 Å². The lowest BCUT2D eigenvalue weighted by atomic mass is 9.97. The summed E-state index contributed by atoms with van der Waals surface area (Å²) in [6.45, 7) is 1.27. The smallest absolute Gasteiger partial charge is 0.410 e. The quantitative estimate of drug-likeness (QED) is 0.107. The van der Waals surface area contributed by atoms with E-state index in [4.69, 9.17) is 4.74 Å². The van der Waals surface area contributed by atoms with E-state index in [0.717, 1.165) is 22.3 Å². The molecule has 4 atom stereocenters. The molecule has 0 fully saturated rings. The molecule has 4 aromatic rings. The number of carboxylic acid groups (broad SMARTS) is 1. The van der Waals surface area contributed by atoms with E-state index in [1.165, 1.54) is 6.92 Å². The zero-order valence-corrected chi connectivity index (χ0v) is 25.9. The van der Waals surface area contributed by atoms with Crippen molar-refractivity contribution in [3.8, 4) is 11.1 Å². The second-order valence-electron chi connectivity index (χ2n) is 10.9. The highest BCUT2D eigenvalue weighted by atomic mass is 31.1. The number of nitrogens with one attached hydrogen (secondary N) is 2. The van der Waals surface area contributed by atoms with Crippen LogP contribution in [0.3, 0.4) is 0 Å². The lowest BCUT2D eigenvalue weighted by Crippen LogP contribution is -2.49. The second-order valence-corrected chi connectivity index (χ2v) is 13.0. The largest absolute Gasteiger partial charge is 0.480 e. The summed E-state index contributed by atoms with van der Waals surface area (Å²) in [7, 11) is -3.18. The van der Waals surface area contributed by atoms with E-state index >= 15 is 0 Å². The lowest BCUT2D eigenvalue weighted by molar-refractivity contribution is -0.141. The SMILES string of the molecule is C[C@H](NC(=O)C(Cc1ccc(-c2ccccc2)cc1)C[PH](=O)C(O)(Cc1ccccc1)NC(=O)OCc1ccccc1)C(=O)O. The second kappa shape index (κ2) is 15.8. The molecule has 0 radical (unpaired) electrons. The van der Waals surface area contributed by atoms with Crippen molar-refractivity contribution in [2.24, 2.45) is 5.92 Å². The number of carboxylic acids is 1. The van der Waals surface area contributed by atoms with Gasteiger partial charge in [-0.25, -0.2) is 4.79 Å². The molecule has 0 aliphatic carbocycles. The number of rotatable bonds is 14. The van der Waals surface area contributed by atoms with Gasteiger partial charge in [0.15, 0.2) is 5.47 Å². The van der Waals surface area contributed by atoms with Crippen LogP contribution in [0.2, 0.25) is 0 Å². The molecule has 0 bridgehead atoms. The van der Waals surface area contributed by atoms with Crippen LogP contribution in [0.25, 0.3) is 11.1 Å². The van der Waals surface area contributed by atoms with Gasteiger partial charge in [-0.3, -0.25) is 14.9 Å². The van der Waals surface area contributed by atoms with Gasteiger partial charge in [-0.15, -0.1) is 0 Å². The maximum absolute atomic E-state index is 14.0. The Morgan fingerprint density at radius 2 is 1.31 bits per heavy atom. The number of aliphatic hydroxyl groups is 1. The Hall–Kier alpha value is -4.72. The highest BCUT2D eigenvalue weighted by Crippen LogP contribution is 2.40. The topological polar surface area (TPSA) is 142 Å². The molecule has 3 unspecified atom stereocenters. The normalized spacial score (nSPS) is 14.3. The Bertz CT molecular complexity index is 1590. The van der Waals surface area contributed by atoms with E-state index in [9.17, 15) is 29.2 Å². The monoisotopic (exact) mass is 628 g/mol. The highest BCUT2D eigenvalue weighted by molar-refractivity contribution is 7.46. The van der Waals surface area contributed by atoms with Crippen molar-refractivity contribution < 1.29 is 33.9 Å². The third-order valence-corrected chi connectivity index (χ3v) is 9.45. The van der Waals surface area contributed by atoms with E-state index < -0.39 is 43.2 Å². The molecule has 4 aromatic carbocycles. The van der Waals surface area contributed by atoms with Crippen LogP contribution in [0.4, 0.5) is 4.79 Å². The minimum atomic E-state index is -3.18. The number of carbonyl (C=O) groups excluding carboxylic acids is 2. The Labute approximate surface area is 263 Å². The summed E-state index contributed by atoms with van der Waals surface area (Å²) in [5, 5.41) is 26.0. The number of hydrogen-bond donors (Lipinski definition) is 4. The van der Waals surface area contributed by atoms with E-state index in [2.05, 4.69) is 10.6 Å². The fraction of sp³-hybridized carbons (Fsp3) is 0.229. The molecule has 4 rings (SSSR count). The first-order valence-electron chi connectivity index (χ1n) is 14.6. The van der Waals surface area contributed by atoms with Crippen LogP contribution in [0.1, 0.15) is 23.6 Å². The van der Waals surface area contributed by atoms with Gasteiger partial charge in [0.1, 0.15) is 20.4 Å². The lowest BCUT2D eigenvalue weighted by Gasteiger charge is -2.30. The molecule has 0 saturated carbocycles. The summed E-state index contributed by atoms with van der Waals surface area (Å²) in [6.07, 6.45) is -1.33. The molecule has 4 N–H and O–H groups in total. The molecular formula is C35H37N2O7P. The molecule has 10 heteroatoms. The van der Waals surface area contributed by atoms with Crippen LogP contribution in [0.5, 0.6) is 0 Å².